The van der Waals surface area contributed by atoms with Crippen LogP contribution in [0.15, 0.2) is 36.4 Å². The fourth-order valence-electron chi connectivity index (χ4n) is 6.74. The molecule has 0 N–H and O–H groups in total. The number of hydrogen-bond donors (Lipinski definition) is 0. The van der Waals surface area contributed by atoms with Crippen LogP contribution in [0, 0.1) is 37.0 Å². The summed E-state index contributed by atoms with van der Waals surface area (Å²) < 4.78 is 7.73. The van der Waals surface area contributed by atoms with Crippen molar-refractivity contribution in [2.45, 2.75) is 52.4 Å². The number of carbonyl (C=O) groups is 2. The van der Waals surface area contributed by atoms with Gasteiger partial charge in [-0.3, -0.25) is 9.59 Å². The van der Waals surface area contributed by atoms with Crippen LogP contribution in [-0.2, 0) is 9.53 Å². The molecule has 4 heteroatoms. The third kappa shape index (κ3) is 3.13. The van der Waals surface area contributed by atoms with Crippen molar-refractivity contribution in [3.8, 4) is 5.69 Å². The van der Waals surface area contributed by atoms with Gasteiger partial charge in [0.1, 0.15) is 0 Å². The maximum Gasteiger partial charge on any atom is 0.312 e. The molecule has 0 unspecified atom stereocenters. The quantitative estimate of drug-likeness (QED) is 0.530. The molecule has 4 bridgehead atoms. The molecule has 4 fully saturated rings. The fraction of sp³-hybridized carbons (Fsp3) is 0.520. The number of aromatic nitrogens is 1. The Morgan fingerprint density at radius 2 is 1.59 bits per heavy atom. The highest BCUT2D eigenvalue weighted by atomic mass is 16.5. The first-order chi connectivity index (χ1) is 13.9. The number of Topliss-reactive ketones (excluding diaryl/α,β-unsaturated/α-hetero) is 1. The van der Waals surface area contributed by atoms with E-state index in [4.69, 9.17) is 4.74 Å². The van der Waals surface area contributed by atoms with Crippen LogP contribution in [-0.4, -0.2) is 22.9 Å². The molecule has 4 aliphatic rings. The van der Waals surface area contributed by atoms with Gasteiger partial charge in [0.05, 0.1) is 5.41 Å². The van der Waals surface area contributed by atoms with Crippen LogP contribution < -0.4 is 0 Å². The zero-order valence-electron chi connectivity index (χ0n) is 17.3. The molecule has 0 spiro atoms. The second kappa shape index (κ2) is 6.86. The van der Waals surface area contributed by atoms with Crippen LogP contribution in [0.5, 0.6) is 0 Å². The first-order valence-corrected chi connectivity index (χ1v) is 10.9. The van der Waals surface area contributed by atoms with Gasteiger partial charge in [-0.25, -0.2) is 0 Å². The van der Waals surface area contributed by atoms with Crippen LogP contribution in [0.1, 0.15) is 60.3 Å². The smallest absolute Gasteiger partial charge is 0.312 e. The molecule has 1 aromatic carbocycles. The van der Waals surface area contributed by atoms with E-state index in [1.165, 1.54) is 19.3 Å². The number of para-hydroxylation sites is 1. The van der Waals surface area contributed by atoms with Gasteiger partial charge in [0, 0.05) is 22.6 Å². The first kappa shape index (κ1) is 18.7. The molecule has 0 amide bonds. The normalized spacial score (nSPS) is 29.8. The molecule has 0 radical (unpaired) electrons. The Bertz CT molecular complexity index is 921. The Kier molecular flexibility index (Phi) is 4.41. The van der Waals surface area contributed by atoms with E-state index in [0.29, 0.717) is 23.3 Å². The average Bonchev–Trinajstić information content (AvgIpc) is 2.99. The lowest BCUT2D eigenvalue weighted by Gasteiger charge is -2.55. The Morgan fingerprint density at radius 3 is 2.17 bits per heavy atom. The van der Waals surface area contributed by atoms with Gasteiger partial charge >= 0.3 is 5.97 Å². The molecule has 152 valence electrons. The molecule has 6 rings (SSSR count). The summed E-state index contributed by atoms with van der Waals surface area (Å²) in [6.45, 7) is 3.80. The average molecular weight is 392 g/mol. The highest BCUT2D eigenvalue weighted by Crippen LogP contribution is 2.60. The number of ketones is 1. The van der Waals surface area contributed by atoms with E-state index in [9.17, 15) is 9.59 Å². The van der Waals surface area contributed by atoms with Crippen LogP contribution in [0.3, 0.4) is 0 Å². The van der Waals surface area contributed by atoms with Gasteiger partial charge in [-0.1, -0.05) is 18.2 Å². The Labute approximate surface area is 172 Å². The van der Waals surface area contributed by atoms with Crippen molar-refractivity contribution in [1.29, 1.82) is 0 Å². The number of ether oxygens (including phenoxy) is 1. The molecule has 1 heterocycles. The first-order valence-electron chi connectivity index (χ1n) is 10.9. The predicted molar refractivity (Wildman–Crippen MR) is 111 cm³/mol. The Morgan fingerprint density at radius 1 is 1.00 bits per heavy atom. The van der Waals surface area contributed by atoms with Crippen molar-refractivity contribution in [3.63, 3.8) is 0 Å². The van der Waals surface area contributed by atoms with Crippen molar-refractivity contribution >= 4 is 11.8 Å². The lowest BCUT2D eigenvalue weighted by molar-refractivity contribution is -0.170. The minimum absolute atomic E-state index is 0.113. The largest absolute Gasteiger partial charge is 0.457 e. The van der Waals surface area contributed by atoms with Gasteiger partial charge in [-0.15, -0.1) is 0 Å². The van der Waals surface area contributed by atoms with Gasteiger partial charge in [0.25, 0.3) is 0 Å². The summed E-state index contributed by atoms with van der Waals surface area (Å²) in [4.78, 5) is 25.9. The number of aryl methyl sites for hydroxylation is 1. The van der Waals surface area contributed by atoms with E-state index >= 15 is 0 Å². The van der Waals surface area contributed by atoms with E-state index < -0.39 is 0 Å². The highest BCUT2D eigenvalue weighted by molar-refractivity contribution is 5.99. The maximum atomic E-state index is 13.0. The summed E-state index contributed by atoms with van der Waals surface area (Å²) >= 11 is 0. The molecule has 1 aromatic heterocycles. The minimum atomic E-state index is -0.310. The molecule has 4 nitrogen and oxygen atoms in total. The Hall–Kier alpha value is -2.36. The minimum Gasteiger partial charge on any atom is -0.457 e. The number of rotatable bonds is 5. The molecular weight excluding hydrogens is 362 g/mol. The van der Waals surface area contributed by atoms with Crippen LogP contribution >= 0.6 is 0 Å². The molecule has 4 aliphatic carbocycles. The maximum absolute atomic E-state index is 13.0. The lowest BCUT2D eigenvalue weighted by Crippen LogP contribution is -2.50. The molecule has 0 aliphatic heterocycles. The number of benzene rings is 1. The monoisotopic (exact) mass is 391 g/mol. The van der Waals surface area contributed by atoms with Crippen molar-refractivity contribution in [1.82, 2.24) is 4.57 Å². The fourth-order valence-corrected chi connectivity index (χ4v) is 6.74. The van der Waals surface area contributed by atoms with Crippen LogP contribution in [0.25, 0.3) is 5.69 Å². The molecule has 4 saturated carbocycles. The predicted octanol–water partition coefficient (Wildman–Crippen LogP) is 5.04. The zero-order chi connectivity index (χ0) is 20.2. The number of hydrogen-bond acceptors (Lipinski definition) is 3. The molecule has 29 heavy (non-hydrogen) atoms. The topological polar surface area (TPSA) is 48.3 Å². The van der Waals surface area contributed by atoms with Crippen molar-refractivity contribution < 1.29 is 14.3 Å². The van der Waals surface area contributed by atoms with Gasteiger partial charge in [-0.2, -0.15) is 0 Å². The van der Waals surface area contributed by atoms with Gasteiger partial charge in [0.2, 0.25) is 5.78 Å². The third-order valence-corrected chi connectivity index (χ3v) is 7.55. The van der Waals surface area contributed by atoms with E-state index in [-0.39, 0.29) is 23.8 Å². The van der Waals surface area contributed by atoms with E-state index in [1.54, 1.807) is 0 Å². The number of nitrogens with zero attached hydrogens (tertiary/aromatic N) is 1. The number of esters is 1. The SMILES string of the molecule is Cc1cc(C(=O)COC(=O)C23CC4CC(CC(C4)C2)C3)c(C)n1-c1ccccc1. The molecule has 0 saturated heterocycles. The van der Waals surface area contributed by atoms with Gasteiger partial charge in [0.15, 0.2) is 6.61 Å². The highest BCUT2D eigenvalue weighted by Gasteiger charge is 2.55. The Balaban J connectivity index is 1.30. The van der Waals surface area contributed by atoms with Gasteiger partial charge in [-0.05, 0) is 88.3 Å². The lowest BCUT2D eigenvalue weighted by atomic mass is 9.49. The van der Waals surface area contributed by atoms with E-state index in [0.717, 1.165) is 36.3 Å². The molecule has 2 aromatic rings. The summed E-state index contributed by atoms with van der Waals surface area (Å²) in [6, 6.07) is 11.9. The van der Waals surface area contributed by atoms with Crippen LogP contribution in [0.4, 0.5) is 0 Å². The van der Waals surface area contributed by atoms with E-state index in [1.807, 2.05) is 50.2 Å². The summed E-state index contributed by atoms with van der Waals surface area (Å²) in [5.41, 5.74) is 3.27. The molecular formula is C25H29NO3. The summed E-state index contributed by atoms with van der Waals surface area (Å²) in [7, 11) is 0. The third-order valence-electron chi connectivity index (χ3n) is 7.55. The van der Waals surface area contributed by atoms with Crippen molar-refractivity contribution in [3.05, 3.63) is 53.3 Å². The zero-order valence-corrected chi connectivity index (χ0v) is 17.3. The van der Waals surface area contributed by atoms with Gasteiger partial charge < -0.3 is 9.30 Å². The van der Waals surface area contributed by atoms with Crippen molar-refractivity contribution in [2.24, 2.45) is 23.2 Å². The summed E-state index contributed by atoms with van der Waals surface area (Å²) in [5, 5.41) is 0. The van der Waals surface area contributed by atoms with Crippen molar-refractivity contribution in [2.75, 3.05) is 6.61 Å². The standard InChI is InChI=1S/C25H29NO3/c1-16-8-22(17(2)26(16)21-6-4-3-5-7-21)23(27)15-29-24(28)25-12-18-9-19(13-25)11-20(10-18)14-25/h3-8,18-20H,9-15H2,1-2H3. The summed E-state index contributed by atoms with van der Waals surface area (Å²) in [6.07, 6.45) is 6.77. The van der Waals surface area contributed by atoms with Crippen LogP contribution in [0.2, 0.25) is 0 Å². The number of carbonyl (C=O) groups excluding carboxylic acids is 2. The summed E-state index contributed by atoms with van der Waals surface area (Å²) in [5.74, 6) is 1.83. The molecule has 0 atom stereocenters. The van der Waals surface area contributed by atoms with E-state index in [2.05, 4.69) is 4.57 Å². The second-order valence-electron chi connectivity index (χ2n) is 9.65. The second-order valence-corrected chi connectivity index (χ2v) is 9.65.